The zero-order valence-electron chi connectivity index (χ0n) is 23.8. The molecule has 0 aromatic heterocycles. The highest BCUT2D eigenvalue weighted by Crippen LogP contribution is 2.37. The van der Waals surface area contributed by atoms with Gasteiger partial charge in [-0.25, -0.2) is 0 Å². The third kappa shape index (κ3) is 8.31. The summed E-state index contributed by atoms with van der Waals surface area (Å²) in [6.07, 6.45) is 3.17. The molecule has 0 unspecified atom stereocenters. The van der Waals surface area contributed by atoms with Crippen LogP contribution in [0.4, 0.5) is 18.9 Å². The van der Waals surface area contributed by atoms with Gasteiger partial charge in [0.25, 0.3) is 0 Å². The predicted octanol–water partition coefficient (Wildman–Crippen LogP) is 4.13. The van der Waals surface area contributed by atoms with Crippen LogP contribution in [-0.4, -0.2) is 67.6 Å². The molecule has 0 saturated carbocycles. The molecule has 4 rings (SSSR count). The predicted molar refractivity (Wildman–Crippen MR) is 149 cm³/mol. The fourth-order valence-corrected chi connectivity index (χ4v) is 5.94. The highest BCUT2D eigenvalue weighted by atomic mass is 19.4. The number of nitrogens with zero attached hydrogens (tertiary/aromatic N) is 1. The molecule has 2 saturated heterocycles. The van der Waals surface area contributed by atoms with Gasteiger partial charge in [0, 0.05) is 24.3 Å². The second-order valence-electron chi connectivity index (χ2n) is 12.0. The molecule has 3 aliphatic heterocycles. The number of hydrogen-bond donors (Lipinski definition) is 3. The molecule has 11 heteroatoms. The molecule has 1 spiro atoms. The van der Waals surface area contributed by atoms with Crippen LogP contribution in [0.2, 0.25) is 0 Å². The van der Waals surface area contributed by atoms with Crippen molar-refractivity contribution in [2.45, 2.75) is 70.6 Å². The Morgan fingerprint density at radius 3 is 2.63 bits per heavy atom. The van der Waals surface area contributed by atoms with Gasteiger partial charge in [-0.1, -0.05) is 32.1 Å². The molecule has 1 aromatic carbocycles. The van der Waals surface area contributed by atoms with Gasteiger partial charge in [0.05, 0.1) is 24.1 Å². The molecule has 0 aliphatic carbocycles. The molecule has 1 aromatic rings. The number of benzene rings is 1. The zero-order chi connectivity index (χ0) is 29.6. The summed E-state index contributed by atoms with van der Waals surface area (Å²) in [4.78, 5) is 41.7. The highest BCUT2D eigenvalue weighted by molar-refractivity contribution is 5.92. The van der Waals surface area contributed by atoms with Gasteiger partial charge in [-0.05, 0) is 75.7 Å². The van der Waals surface area contributed by atoms with Gasteiger partial charge in [-0.2, -0.15) is 13.2 Å². The van der Waals surface area contributed by atoms with Crippen LogP contribution in [0.25, 0.3) is 0 Å². The van der Waals surface area contributed by atoms with Crippen molar-refractivity contribution < 1.29 is 32.3 Å². The number of halogens is 3. The Bertz CT molecular complexity index is 1120. The minimum absolute atomic E-state index is 0.00519. The fourth-order valence-electron chi connectivity index (χ4n) is 5.94. The minimum atomic E-state index is -4.49. The SMILES string of the molecule is CC(C)C[C@@H]1NC(=O)C2(C/C=C/C[C@@H]3COCC[C@@H]3NC1=O)CCN(CC(=O)Nc1cccc(C(F)(F)F)c1)CC2. The fraction of sp³-hybridized carbons (Fsp3) is 0.633. The lowest BCUT2D eigenvalue weighted by atomic mass is 9.74. The summed E-state index contributed by atoms with van der Waals surface area (Å²) in [6, 6.07) is 3.92. The summed E-state index contributed by atoms with van der Waals surface area (Å²) in [5.74, 6) is -0.349. The number of fused-ring (bicyclic) bond motifs is 1. The molecule has 2 fully saturated rings. The largest absolute Gasteiger partial charge is 0.416 e. The Kier molecular flexibility index (Phi) is 10.1. The maximum atomic E-state index is 13.8. The molecule has 3 amide bonds. The topological polar surface area (TPSA) is 99.8 Å². The lowest BCUT2D eigenvalue weighted by Crippen LogP contribution is -2.57. The number of allylic oxidation sites excluding steroid dienone is 2. The molecule has 3 heterocycles. The lowest BCUT2D eigenvalue weighted by Gasteiger charge is -2.41. The Hall–Kier alpha value is -2.92. The summed E-state index contributed by atoms with van der Waals surface area (Å²) >= 11 is 0. The van der Waals surface area contributed by atoms with E-state index in [1.807, 2.05) is 18.7 Å². The smallest absolute Gasteiger partial charge is 0.381 e. The first kappa shape index (κ1) is 31.0. The number of alkyl halides is 3. The average Bonchev–Trinajstić information content (AvgIpc) is 2.91. The molecular weight excluding hydrogens is 537 g/mol. The van der Waals surface area contributed by atoms with E-state index in [2.05, 4.69) is 28.1 Å². The van der Waals surface area contributed by atoms with Gasteiger partial charge >= 0.3 is 6.18 Å². The third-order valence-corrected chi connectivity index (χ3v) is 8.38. The molecule has 0 bridgehead atoms. The third-order valence-electron chi connectivity index (χ3n) is 8.38. The molecule has 41 heavy (non-hydrogen) atoms. The first-order chi connectivity index (χ1) is 19.4. The van der Waals surface area contributed by atoms with Crippen LogP contribution in [0.15, 0.2) is 36.4 Å². The Labute approximate surface area is 239 Å². The summed E-state index contributed by atoms with van der Waals surface area (Å²) in [7, 11) is 0. The standard InChI is InChI=1S/C30H41F3N4O4/c1-20(2)16-25-27(39)35-24-9-15-41-19-21(24)6-3-4-10-29(28(40)36-25)11-13-37(14-12-29)18-26(38)34-23-8-5-7-22(17-23)30(31,32)33/h3-5,7-8,17,20-21,24-25H,6,9-16,18-19H2,1-2H3,(H,34,38)(H,35,39)(H,36,40)/b4-3+/t21-,24+,25+/m1/s1. The van der Waals surface area contributed by atoms with E-state index in [1.165, 1.54) is 12.1 Å². The van der Waals surface area contributed by atoms with E-state index >= 15 is 0 Å². The van der Waals surface area contributed by atoms with Crippen LogP contribution in [0, 0.1) is 17.3 Å². The Balaban J connectivity index is 1.42. The van der Waals surface area contributed by atoms with Gasteiger partial charge in [0.1, 0.15) is 6.04 Å². The quantitative estimate of drug-likeness (QED) is 0.457. The first-order valence-corrected chi connectivity index (χ1v) is 14.5. The van der Waals surface area contributed by atoms with Crippen LogP contribution in [0.3, 0.4) is 0 Å². The number of ether oxygens (including phenoxy) is 1. The van der Waals surface area contributed by atoms with Crippen molar-refractivity contribution in [2.24, 2.45) is 17.3 Å². The minimum Gasteiger partial charge on any atom is -0.381 e. The second kappa shape index (κ2) is 13.4. The van der Waals surface area contributed by atoms with Gasteiger partial charge in [-0.3, -0.25) is 19.3 Å². The maximum absolute atomic E-state index is 13.8. The van der Waals surface area contributed by atoms with Gasteiger partial charge < -0.3 is 20.7 Å². The van der Waals surface area contributed by atoms with E-state index in [-0.39, 0.29) is 41.9 Å². The van der Waals surface area contributed by atoms with E-state index in [1.54, 1.807) is 0 Å². The van der Waals surface area contributed by atoms with Gasteiger partial charge in [0.15, 0.2) is 0 Å². The molecule has 3 atom stereocenters. The summed E-state index contributed by atoms with van der Waals surface area (Å²) in [5, 5.41) is 8.81. The van der Waals surface area contributed by atoms with Crippen LogP contribution in [0.1, 0.15) is 57.9 Å². The number of anilines is 1. The Morgan fingerprint density at radius 2 is 1.93 bits per heavy atom. The second-order valence-corrected chi connectivity index (χ2v) is 12.0. The number of piperidine rings is 1. The van der Waals surface area contributed by atoms with Crippen molar-refractivity contribution in [1.29, 1.82) is 0 Å². The van der Waals surface area contributed by atoms with Crippen molar-refractivity contribution >= 4 is 23.4 Å². The van der Waals surface area contributed by atoms with Crippen LogP contribution in [-0.2, 0) is 25.3 Å². The van der Waals surface area contributed by atoms with Gasteiger partial charge in [0.2, 0.25) is 17.7 Å². The summed E-state index contributed by atoms with van der Waals surface area (Å²) in [6.45, 7) is 6.17. The van der Waals surface area contributed by atoms with Crippen LogP contribution < -0.4 is 16.0 Å². The van der Waals surface area contributed by atoms with Crippen molar-refractivity contribution in [3.63, 3.8) is 0 Å². The van der Waals surface area contributed by atoms with Crippen molar-refractivity contribution in [2.75, 3.05) is 38.2 Å². The van der Waals surface area contributed by atoms with Crippen molar-refractivity contribution in [1.82, 2.24) is 15.5 Å². The molecule has 3 aliphatic rings. The molecular formula is C30H41F3N4O4. The monoisotopic (exact) mass is 578 g/mol. The lowest BCUT2D eigenvalue weighted by molar-refractivity contribution is -0.138. The van der Waals surface area contributed by atoms with Crippen molar-refractivity contribution in [3.8, 4) is 0 Å². The van der Waals surface area contributed by atoms with E-state index in [0.29, 0.717) is 52.0 Å². The van der Waals surface area contributed by atoms with Gasteiger partial charge in [-0.15, -0.1) is 0 Å². The Morgan fingerprint density at radius 1 is 1.17 bits per heavy atom. The summed E-state index contributed by atoms with van der Waals surface area (Å²) < 4.78 is 44.7. The number of hydrogen-bond acceptors (Lipinski definition) is 5. The van der Waals surface area contributed by atoms with E-state index < -0.39 is 29.1 Å². The first-order valence-electron chi connectivity index (χ1n) is 14.5. The van der Waals surface area contributed by atoms with E-state index in [0.717, 1.165) is 25.0 Å². The molecule has 226 valence electrons. The average molecular weight is 579 g/mol. The number of amides is 3. The normalized spacial score (nSPS) is 26.7. The number of likely N-dealkylation sites (tertiary alicyclic amines) is 1. The van der Waals surface area contributed by atoms with Crippen LogP contribution in [0.5, 0.6) is 0 Å². The van der Waals surface area contributed by atoms with E-state index in [4.69, 9.17) is 4.74 Å². The number of nitrogens with one attached hydrogen (secondary N) is 3. The zero-order valence-corrected chi connectivity index (χ0v) is 23.8. The molecule has 8 nitrogen and oxygen atoms in total. The van der Waals surface area contributed by atoms with Crippen LogP contribution >= 0.6 is 0 Å². The number of carbonyl (C=O) groups excluding carboxylic acids is 3. The van der Waals surface area contributed by atoms with Crippen molar-refractivity contribution in [3.05, 3.63) is 42.0 Å². The molecule has 3 N–H and O–H groups in total. The number of rotatable bonds is 5. The number of carbonyl (C=O) groups is 3. The molecule has 0 radical (unpaired) electrons. The van der Waals surface area contributed by atoms with E-state index in [9.17, 15) is 27.6 Å². The summed E-state index contributed by atoms with van der Waals surface area (Å²) in [5.41, 5.74) is -1.46. The highest BCUT2D eigenvalue weighted by Gasteiger charge is 2.42. The maximum Gasteiger partial charge on any atom is 0.416 e.